The van der Waals surface area contributed by atoms with Crippen LogP contribution in [0.2, 0.25) is 0 Å². The number of hydrogen-bond acceptors (Lipinski definition) is 5. The van der Waals surface area contributed by atoms with Crippen LogP contribution in [0.15, 0.2) is 28.9 Å². The summed E-state index contributed by atoms with van der Waals surface area (Å²) in [5.74, 6) is 0.378. The number of aromatic nitrogens is 2. The summed E-state index contributed by atoms with van der Waals surface area (Å²) in [5, 5.41) is 9.55. The molecule has 0 saturated heterocycles. The predicted molar refractivity (Wildman–Crippen MR) is 106 cm³/mol. The van der Waals surface area contributed by atoms with Crippen molar-refractivity contribution < 1.29 is 14.3 Å². The minimum absolute atomic E-state index is 0.168. The number of rotatable bonds is 7. The average molecular weight is 438 g/mol. The van der Waals surface area contributed by atoms with E-state index in [0.29, 0.717) is 4.60 Å². The minimum atomic E-state index is -0.465. The molecule has 1 atom stereocenters. The lowest BCUT2D eigenvalue weighted by Crippen LogP contribution is -2.40. The van der Waals surface area contributed by atoms with Crippen LogP contribution >= 0.6 is 15.9 Å². The van der Waals surface area contributed by atoms with Gasteiger partial charge in [0.05, 0.1) is 19.7 Å². The highest BCUT2D eigenvalue weighted by Gasteiger charge is 2.22. The lowest BCUT2D eigenvalue weighted by Gasteiger charge is -2.23. The van der Waals surface area contributed by atoms with Gasteiger partial charge in [-0.3, -0.25) is 14.3 Å². The normalized spacial score (nSPS) is 11.9. The van der Waals surface area contributed by atoms with Gasteiger partial charge in [-0.25, -0.2) is 0 Å². The third-order valence-electron chi connectivity index (χ3n) is 4.14. The fourth-order valence-electron chi connectivity index (χ4n) is 2.63. The predicted octanol–water partition coefficient (Wildman–Crippen LogP) is 2.02. The fourth-order valence-corrected chi connectivity index (χ4v) is 3.25. The van der Waals surface area contributed by atoms with Crippen molar-refractivity contribution in [3.8, 4) is 5.75 Å². The number of aryl methyl sites for hydroxylation is 1. The number of carbonyl (C=O) groups is 2. The third-order valence-corrected chi connectivity index (χ3v) is 4.70. The number of nitrogen functional groups attached to an aromatic ring is 1. The van der Waals surface area contributed by atoms with E-state index in [1.807, 2.05) is 38.1 Å². The zero-order valence-corrected chi connectivity index (χ0v) is 17.3. The standard InChI is InChI=1S/C18H24BrN5O3/c1-10(2)15(11-5-7-12(27-4)8-6-11)22-13(25)9-21-18(26)14-16(19)23-24(3)17(14)20/h5-8,10,15H,9,20H2,1-4H3,(H,21,26)(H,22,25)/t15-/m1/s1. The van der Waals surface area contributed by atoms with E-state index < -0.39 is 5.91 Å². The Morgan fingerprint density at radius 2 is 1.93 bits per heavy atom. The van der Waals surface area contributed by atoms with Gasteiger partial charge in [-0.1, -0.05) is 26.0 Å². The number of carbonyl (C=O) groups excluding carboxylic acids is 2. The maximum absolute atomic E-state index is 12.4. The van der Waals surface area contributed by atoms with Crippen LogP contribution in [0.1, 0.15) is 35.8 Å². The molecule has 0 aliphatic heterocycles. The van der Waals surface area contributed by atoms with Gasteiger partial charge in [-0.15, -0.1) is 0 Å². The summed E-state index contributed by atoms with van der Waals surface area (Å²) >= 11 is 3.19. The summed E-state index contributed by atoms with van der Waals surface area (Å²) in [6.45, 7) is 3.86. The van der Waals surface area contributed by atoms with Crippen molar-refractivity contribution in [3.63, 3.8) is 0 Å². The maximum Gasteiger partial charge on any atom is 0.258 e. The van der Waals surface area contributed by atoms with Crippen molar-refractivity contribution in [3.05, 3.63) is 40.0 Å². The molecule has 0 unspecified atom stereocenters. The highest BCUT2D eigenvalue weighted by atomic mass is 79.9. The molecule has 0 saturated carbocycles. The number of methoxy groups -OCH3 is 1. The first kappa shape index (κ1) is 20.8. The molecule has 0 aliphatic rings. The SMILES string of the molecule is COc1ccc([C@H](NC(=O)CNC(=O)c2c(Br)nn(C)c2N)C(C)C)cc1. The molecule has 0 bridgehead atoms. The zero-order chi connectivity index (χ0) is 20.1. The molecule has 0 spiro atoms. The second-order valence-electron chi connectivity index (χ2n) is 6.42. The Kier molecular flexibility index (Phi) is 6.84. The second-order valence-corrected chi connectivity index (χ2v) is 7.17. The van der Waals surface area contributed by atoms with E-state index in [1.165, 1.54) is 4.68 Å². The van der Waals surface area contributed by atoms with Crippen LogP contribution < -0.4 is 21.1 Å². The number of benzene rings is 1. The van der Waals surface area contributed by atoms with Gasteiger partial charge in [-0.2, -0.15) is 5.10 Å². The molecule has 1 aromatic heterocycles. The van der Waals surface area contributed by atoms with E-state index in [0.717, 1.165) is 11.3 Å². The first-order chi connectivity index (χ1) is 12.7. The van der Waals surface area contributed by atoms with Gasteiger partial charge in [0.15, 0.2) is 0 Å². The average Bonchev–Trinajstić information content (AvgIpc) is 2.89. The Morgan fingerprint density at radius 3 is 2.41 bits per heavy atom. The first-order valence-electron chi connectivity index (χ1n) is 8.44. The molecule has 4 N–H and O–H groups in total. The Labute approximate surface area is 166 Å². The van der Waals surface area contributed by atoms with Gasteiger partial charge < -0.3 is 21.1 Å². The number of anilines is 1. The van der Waals surface area contributed by atoms with Crippen LogP contribution in [0.4, 0.5) is 5.82 Å². The Balaban J connectivity index is 2.00. The smallest absolute Gasteiger partial charge is 0.258 e. The van der Waals surface area contributed by atoms with Crippen LogP contribution in [0.3, 0.4) is 0 Å². The third kappa shape index (κ3) is 5.00. The summed E-state index contributed by atoms with van der Waals surface area (Å²) in [7, 11) is 3.23. The number of nitrogens with two attached hydrogens (primary N) is 1. The number of nitrogens with one attached hydrogen (secondary N) is 2. The van der Waals surface area contributed by atoms with E-state index >= 15 is 0 Å². The largest absolute Gasteiger partial charge is 0.497 e. The van der Waals surface area contributed by atoms with Gasteiger partial charge in [-0.05, 0) is 39.5 Å². The number of nitrogens with zero attached hydrogens (tertiary/aromatic N) is 2. The Bertz CT molecular complexity index is 817. The summed E-state index contributed by atoms with van der Waals surface area (Å²) in [6.07, 6.45) is 0. The van der Waals surface area contributed by atoms with Crippen molar-refractivity contribution >= 4 is 33.6 Å². The monoisotopic (exact) mass is 437 g/mol. The topological polar surface area (TPSA) is 111 Å². The van der Waals surface area contributed by atoms with Crippen molar-refractivity contribution in [1.82, 2.24) is 20.4 Å². The van der Waals surface area contributed by atoms with Crippen molar-refractivity contribution in [2.45, 2.75) is 19.9 Å². The summed E-state index contributed by atoms with van der Waals surface area (Å²) in [6, 6.07) is 7.34. The maximum atomic E-state index is 12.4. The molecule has 2 rings (SSSR count). The molecule has 0 fully saturated rings. The van der Waals surface area contributed by atoms with Crippen molar-refractivity contribution in [1.29, 1.82) is 0 Å². The second kappa shape index (κ2) is 8.90. The Hall–Kier alpha value is -2.55. The van der Waals surface area contributed by atoms with E-state index in [-0.39, 0.29) is 35.8 Å². The summed E-state index contributed by atoms with van der Waals surface area (Å²) in [5.41, 5.74) is 7.00. The van der Waals surface area contributed by atoms with Crippen LogP contribution in [0, 0.1) is 5.92 Å². The van der Waals surface area contributed by atoms with Gasteiger partial charge in [0, 0.05) is 7.05 Å². The molecule has 0 aliphatic carbocycles. The van der Waals surface area contributed by atoms with Crippen LogP contribution in [0.5, 0.6) is 5.75 Å². The molecule has 2 amide bonds. The summed E-state index contributed by atoms with van der Waals surface area (Å²) in [4.78, 5) is 24.6. The highest BCUT2D eigenvalue weighted by Crippen LogP contribution is 2.24. The quantitative estimate of drug-likeness (QED) is 0.613. The molecule has 27 heavy (non-hydrogen) atoms. The van der Waals surface area contributed by atoms with Crippen LogP contribution in [-0.2, 0) is 11.8 Å². The molecule has 1 heterocycles. The minimum Gasteiger partial charge on any atom is -0.497 e. The van der Waals surface area contributed by atoms with Gasteiger partial charge in [0.1, 0.15) is 21.7 Å². The van der Waals surface area contributed by atoms with Crippen molar-refractivity contribution in [2.24, 2.45) is 13.0 Å². The number of halogens is 1. The van der Waals surface area contributed by atoms with E-state index in [1.54, 1.807) is 14.2 Å². The zero-order valence-electron chi connectivity index (χ0n) is 15.7. The number of ether oxygens (including phenoxy) is 1. The lowest BCUT2D eigenvalue weighted by molar-refractivity contribution is -0.121. The fraction of sp³-hybridized carbons (Fsp3) is 0.389. The molecule has 1 aromatic carbocycles. The molecular formula is C18H24BrN5O3. The van der Waals surface area contributed by atoms with E-state index in [9.17, 15) is 9.59 Å². The molecule has 0 radical (unpaired) electrons. The molecule has 8 nitrogen and oxygen atoms in total. The van der Waals surface area contributed by atoms with E-state index in [4.69, 9.17) is 10.5 Å². The molecular weight excluding hydrogens is 414 g/mol. The number of amides is 2. The molecule has 9 heteroatoms. The molecule has 146 valence electrons. The summed E-state index contributed by atoms with van der Waals surface area (Å²) < 4.78 is 6.88. The highest BCUT2D eigenvalue weighted by molar-refractivity contribution is 9.10. The lowest BCUT2D eigenvalue weighted by atomic mass is 9.96. The number of hydrogen-bond donors (Lipinski definition) is 3. The van der Waals surface area contributed by atoms with Gasteiger partial charge >= 0.3 is 0 Å². The van der Waals surface area contributed by atoms with Gasteiger partial charge in [0.25, 0.3) is 5.91 Å². The first-order valence-corrected chi connectivity index (χ1v) is 9.23. The van der Waals surface area contributed by atoms with Gasteiger partial charge in [0.2, 0.25) is 5.91 Å². The van der Waals surface area contributed by atoms with Crippen LogP contribution in [-0.4, -0.2) is 35.2 Å². The van der Waals surface area contributed by atoms with Crippen LogP contribution in [0.25, 0.3) is 0 Å². The Morgan fingerprint density at radius 1 is 1.30 bits per heavy atom. The van der Waals surface area contributed by atoms with Crippen molar-refractivity contribution in [2.75, 3.05) is 19.4 Å². The molecule has 2 aromatic rings. The van der Waals surface area contributed by atoms with E-state index in [2.05, 4.69) is 31.7 Å².